The van der Waals surface area contributed by atoms with Crippen LogP contribution in [0.15, 0.2) is 0 Å². The van der Waals surface area contributed by atoms with E-state index in [1.165, 1.54) is 6.42 Å². The van der Waals surface area contributed by atoms with Gasteiger partial charge in [0.1, 0.15) is 6.10 Å². The van der Waals surface area contributed by atoms with Crippen LogP contribution in [0.2, 0.25) is 0 Å². The number of nitrogens with zero attached hydrogens (tertiary/aromatic N) is 2. The van der Waals surface area contributed by atoms with E-state index < -0.39 is 0 Å². The molecule has 0 aromatic carbocycles. The summed E-state index contributed by atoms with van der Waals surface area (Å²) in [6.45, 7) is 11.5. The first-order valence-electron chi connectivity index (χ1n) is 9.60. The van der Waals surface area contributed by atoms with Crippen LogP contribution in [0.25, 0.3) is 0 Å². The molecule has 3 fully saturated rings. The summed E-state index contributed by atoms with van der Waals surface area (Å²) in [6, 6.07) is 0. The lowest BCUT2D eigenvalue weighted by Crippen LogP contribution is -2.51. The second-order valence-corrected chi connectivity index (χ2v) is 7.64. The van der Waals surface area contributed by atoms with Gasteiger partial charge in [0.2, 0.25) is 0 Å². The molecule has 0 saturated carbocycles. The molecule has 1 amide bonds. The van der Waals surface area contributed by atoms with E-state index in [1.54, 1.807) is 0 Å². The number of amides is 1. The Balaban J connectivity index is 0.00000169. The van der Waals surface area contributed by atoms with Crippen molar-refractivity contribution in [3.63, 3.8) is 0 Å². The van der Waals surface area contributed by atoms with Gasteiger partial charge in [0, 0.05) is 39.3 Å². The maximum absolute atomic E-state index is 12.5. The molecule has 3 aliphatic heterocycles. The zero-order chi connectivity index (χ0) is 16.9. The van der Waals surface area contributed by atoms with Crippen LogP contribution in [0.5, 0.6) is 0 Å². The van der Waals surface area contributed by atoms with Gasteiger partial charge in [-0.1, -0.05) is 0 Å². The molecule has 3 aliphatic rings. The zero-order valence-electron chi connectivity index (χ0n) is 16.0. The molecule has 3 atom stereocenters. The quantitative estimate of drug-likeness (QED) is 0.760. The molecular weight excluding hydrogens is 377 g/mol. The summed E-state index contributed by atoms with van der Waals surface area (Å²) in [7, 11) is 0. The van der Waals surface area contributed by atoms with Gasteiger partial charge in [0.25, 0.3) is 5.91 Å². The number of piperidine rings is 1. The highest BCUT2D eigenvalue weighted by Crippen LogP contribution is 2.23. The lowest BCUT2D eigenvalue weighted by Gasteiger charge is -2.38. The molecule has 1 N–H and O–H groups in total. The summed E-state index contributed by atoms with van der Waals surface area (Å²) >= 11 is 0. The van der Waals surface area contributed by atoms with E-state index >= 15 is 0 Å². The maximum Gasteiger partial charge on any atom is 0.253 e. The topological polar surface area (TPSA) is 54.0 Å². The molecule has 3 saturated heterocycles. The molecule has 3 rings (SSSR count). The molecule has 3 heterocycles. The summed E-state index contributed by atoms with van der Waals surface area (Å²) in [6.07, 6.45) is 3.91. The number of carbonyl (C=O) groups is 1. The fourth-order valence-electron chi connectivity index (χ4n) is 4.20. The molecule has 0 radical (unpaired) electrons. The van der Waals surface area contributed by atoms with Gasteiger partial charge >= 0.3 is 0 Å². The van der Waals surface area contributed by atoms with E-state index in [4.69, 9.17) is 9.47 Å². The Morgan fingerprint density at radius 3 is 2.35 bits per heavy atom. The minimum atomic E-state index is -0.272. The molecule has 0 spiro atoms. The Hall–Kier alpha value is -0.110. The van der Waals surface area contributed by atoms with Crippen LogP contribution in [0.1, 0.15) is 33.1 Å². The van der Waals surface area contributed by atoms with Gasteiger partial charge < -0.3 is 19.7 Å². The first kappa shape index (κ1) is 23.9. The summed E-state index contributed by atoms with van der Waals surface area (Å²) in [5.74, 6) is 0.921. The summed E-state index contributed by atoms with van der Waals surface area (Å²) in [5.41, 5.74) is 0. The monoisotopic (exact) mass is 411 g/mol. The molecule has 154 valence electrons. The van der Waals surface area contributed by atoms with Crippen molar-refractivity contribution in [3.8, 4) is 0 Å². The zero-order valence-corrected chi connectivity index (χ0v) is 17.7. The first-order chi connectivity index (χ1) is 11.6. The number of carbonyl (C=O) groups excluding carboxylic acids is 1. The third-order valence-corrected chi connectivity index (χ3v) is 5.48. The van der Waals surface area contributed by atoms with Crippen LogP contribution >= 0.6 is 24.8 Å². The van der Waals surface area contributed by atoms with Crippen LogP contribution in [0.3, 0.4) is 0 Å². The smallest absolute Gasteiger partial charge is 0.253 e. The Kier molecular flexibility index (Phi) is 10.7. The summed E-state index contributed by atoms with van der Waals surface area (Å²) in [4.78, 5) is 17.0. The molecule has 6 nitrogen and oxygen atoms in total. The van der Waals surface area contributed by atoms with Crippen LogP contribution < -0.4 is 5.32 Å². The second kappa shape index (κ2) is 11.7. The standard InChI is InChI=1S/C18H33N3O3.2ClH/c1-14-12-20(13-15(2)24-14)7-3-16-4-8-21(9-5-16)18(22)17-11-19-6-10-23-17;;/h14-17,19H,3-13H2,1-2H3;2*1H. The molecule has 8 heteroatoms. The number of nitrogens with one attached hydrogen (secondary N) is 1. The predicted molar refractivity (Wildman–Crippen MR) is 107 cm³/mol. The van der Waals surface area contributed by atoms with Crippen LogP contribution in [-0.2, 0) is 14.3 Å². The lowest BCUT2D eigenvalue weighted by molar-refractivity contribution is -0.146. The largest absolute Gasteiger partial charge is 0.373 e. The SMILES string of the molecule is CC1CN(CCC2CCN(C(=O)C3CNCCO3)CC2)CC(C)O1.Cl.Cl. The molecule has 0 bridgehead atoms. The van der Waals surface area contributed by atoms with Crippen LogP contribution in [0.4, 0.5) is 0 Å². The summed E-state index contributed by atoms with van der Waals surface area (Å²) < 4.78 is 11.4. The normalized spacial score (nSPS) is 31.0. The van der Waals surface area contributed by atoms with Gasteiger partial charge in [-0.25, -0.2) is 0 Å². The molecule has 0 aromatic heterocycles. The van der Waals surface area contributed by atoms with Crippen molar-refractivity contribution in [2.24, 2.45) is 5.92 Å². The average molecular weight is 412 g/mol. The average Bonchev–Trinajstić information content (AvgIpc) is 2.60. The predicted octanol–water partition coefficient (Wildman–Crippen LogP) is 1.56. The van der Waals surface area contributed by atoms with E-state index in [2.05, 4.69) is 24.1 Å². The number of likely N-dealkylation sites (tertiary alicyclic amines) is 1. The molecule has 3 unspecified atom stereocenters. The van der Waals surface area contributed by atoms with E-state index in [9.17, 15) is 4.79 Å². The van der Waals surface area contributed by atoms with E-state index in [0.717, 1.165) is 58.0 Å². The number of morpholine rings is 2. The number of ether oxygens (including phenoxy) is 2. The van der Waals surface area contributed by atoms with Crippen molar-refractivity contribution in [3.05, 3.63) is 0 Å². The Bertz CT molecular complexity index is 406. The maximum atomic E-state index is 12.5. The fourth-order valence-corrected chi connectivity index (χ4v) is 4.20. The number of hydrogen-bond acceptors (Lipinski definition) is 5. The van der Waals surface area contributed by atoms with Gasteiger partial charge in [-0.2, -0.15) is 0 Å². The van der Waals surface area contributed by atoms with Crippen molar-refractivity contribution < 1.29 is 14.3 Å². The molecule has 26 heavy (non-hydrogen) atoms. The molecular formula is C18H35Cl2N3O3. The van der Waals surface area contributed by atoms with E-state index in [-0.39, 0.29) is 36.8 Å². The number of halogens is 2. The van der Waals surface area contributed by atoms with Gasteiger partial charge in [-0.15, -0.1) is 24.8 Å². The third-order valence-electron chi connectivity index (χ3n) is 5.48. The van der Waals surface area contributed by atoms with Gasteiger partial charge in [0.05, 0.1) is 18.8 Å². The minimum Gasteiger partial charge on any atom is -0.373 e. The highest BCUT2D eigenvalue weighted by Gasteiger charge is 2.30. The van der Waals surface area contributed by atoms with E-state index in [1.807, 2.05) is 4.90 Å². The third kappa shape index (κ3) is 6.80. The highest BCUT2D eigenvalue weighted by molar-refractivity contribution is 5.85. The van der Waals surface area contributed by atoms with Gasteiger partial charge in [-0.05, 0) is 45.6 Å². The van der Waals surface area contributed by atoms with Crippen LogP contribution in [0, 0.1) is 5.92 Å². The summed E-state index contributed by atoms with van der Waals surface area (Å²) in [5, 5.41) is 3.24. The number of hydrogen-bond donors (Lipinski definition) is 1. The van der Waals surface area contributed by atoms with Crippen molar-refractivity contribution in [1.29, 1.82) is 0 Å². The first-order valence-corrected chi connectivity index (χ1v) is 9.60. The van der Waals surface area contributed by atoms with Crippen molar-refractivity contribution in [1.82, 2.24) is 15.1 Å². The van der Waals surface area contributed by atoms with Crippen LogP contribution in [-0.4, -0.2) is 86.4 Å². The Morgan fingerprint density at radius 2 is 1.77 bits per heavy atom. The molecule has 0 aliphatic carbocycles. The minimum absolute atomic E-state index is 0. The second-order valence-electron chi connectivity index (χ2n) is 7.64. The Labute approximate surface area is 170 Å². The van der Waals surface area contributed by atoms with Crippen molar-refractivity contribution in [2.45, 2.75) is 51.4 Å². The number of rotatable bonds is 4. The molecule has 0 aromatic rings. The van der Waals surface area contributed by atoms with E-state index in [0.29, 0.717) is 25.4 Å². The lowest BCUT2D eigenvalue weighted by atomic mass is 9.93. The van der Waals surface area contributed by atoms with Gasteiger partial charge in [-0.3, -0.25) is 9.69 Å². The fraction of sp³-hybridized carbons (Fsp3) is 0.944. The van der Waals surface area contributed by atoms with Crippen molar-refractivity contribution in [2.75, 3.05) is 52.4 Å². The van der Waals surface area contributed by atoms with Gasteiger partial charge in [0.15, 0.2) is 0 Å². The highest BCUT2D eigenvalue weighted by atomic mass is 35.5. The van der Waals surface area contributed by atoms with Crippen molar-refractivity contribution >= 4 is 30.7 Å². The Morgan fingerprint density at radius 1 is 1.12 bits per heavy atom.